The van der Waals surface area contributed by atoms with Gasteiger partial charge in [0.25, 0.3) is 0 Å². The number of hydrogen-bond acceptors (Lipinski definition) is 0. The molecule has 20 heavy (non-hydrogen) atoms. The molecule has 0 amide bonds. The van der Waals surface area contributed by atoms with Crippen molar-refractivity contribution in [3.8, 4) is 0 Å². The Hall–Kier alpha value is -1.08. The third kappa shape index (κ3) is 3.52. The van der Waals surface area contributed by atoms with Gasteiger partial charge in [0.1, 0.15) is 0 Å². The molecule has 106 valence electrons. The Morgan fingerprint density at radius 2 is 1.45 bits per heavy atom. The van der Waals surface area contributed by atoms with Crippen molar-refractivity contribution in [2.24, 2.45) is 5.92 Å². The van der Waals surface area contributed by atoms with Gasteiger partial charge in [0, 0.05) is 0 Å². The second kappa shape index (κ2) is 6.58. The first-order chi connectivity index (χ1) is 9.49. The van der Waals surface area contributed by atoms with Crippen molar-refractivity contribution in [1.29, 1.82) is 0 Å². The number of benzene rings is 2. The van der Waals surface area contributed by atoms with E-state index in [1.807, 2.05) is 0 Å². The molecule has 0 saturated heterocycles. The van der Waals surface area contributed by atoms with E-state index >= 15 is 0 Å². The highest BCUT2D eigenvalue weighted by atomic mass is 79.9. The van der Waals surface area contributed by atoms with Crippen molar-refractivity contribution in [2.45, 2.75) is 38.9 Å². The Morgan fingerprint density at radius 1 is 0.900 bits per heavy atom. The summed E-state index contributed by atoms with van der Waals surface area (Å²) >= 11 is 3.87. The summed E-state index contributed by atoms with van der Waals surface area (Å²) in [5, 5.41) is 0. The lowest BCUT2D eigenvalue weighted by Gasteiger charge is -2.17. The highest BCUT2D eigenvalue weighted by Crippen LogP contribution is 2.35. The molecule has 2 rings (SSSR count). The lowest BCUT2D eigenvalue weighted by molar-refractivity contribution is 0.647. The van der Waals surface area contributed by atoms with Crippen molar-refractivity contribution in [3.05, 3.63) is 70.3 Å². The summed E-state index contributed by atoms with van der Waals surface area (Å²) in [6.45, 7) is 8.89. The van der Waals surface area contributed by atoms with Gasteiger partial charge in [-0.25, -0.2) is 0 Å². The molecule has 0 fully saturated rings. The third-order valence-electron chi connectivity index (χ3n) is 3.71. The number of aryl methyl sites for hydroxylation is 2. The molecular formula is C19H23Br. The van der Waals surface area contributed by atoms with Crippen LogP contribution >= 0.6 is 15.9 Å². The van der Waals surface area contributed by atoms with Crippen LogP contribution in [0.4, 0.5) is 0 Å². The van der Waals surface area contributed by atoms with E-state index in [9.17, 15) is 0 Å². The van der Waals surface area contributed by atoms with Gasteiger partial charge in [-0.1, -0.05) is 72.2 Å². The van der Waals surface area contributed by atoms with Gasteiger partial charge < -0.3 is 0 Å². The van der Waals surface area contributed by atoms with Crippen LogP contribution in [-0.4, -0.2) is 0 Å². The van der Waals surface area contributed by atoms with Gasteiger partial charge in [-0.05, 0) is 54.0 Å². The monoisotopic (exact) mass is 330 g/mol. The van der Waals surface area contributed by atoms with Crippen LogP contribution in [0.3, 0.4) is 0 Å². The number of halogens is 1. The lowest BCUT2D eigenvalue weighted by Crippen LogP contribution is -2.00. The second-order valence-corrected chi connectivity index (χ2v) is 6.92. The molecule has 1 heteroatoms. The van der Waals surface area contributed by atoms with Gasteiger partial charge in [-0.3, -0.25) is 0 Å². The summed E-state index contributed by atoms with van der Waals surface area (Å²) in [5.41, 5.74) is 6.83. The molecule has 1 atom stereocenters. The quantitative estimate of drug-likeness (QED) is 0.604. The third-order valence-corrected chi connectivity index (χ3v) is 4.70. The minimum atomic E-state index is 0.275. The van der Waals surface area contributed by atoms with E-state index in [4.69, 9.17) is 0 Å². The van der Waals surface area contributed by atoms with E-state index in [1.165, 1.54) is 27.8 Å². The van der Waals surface area contributed by atoms with E-state index in [2.05, 4.69) is 86.1 Å². The first-order valence-corrected chi connectivity index (χ1v) is 8.19. The maximum atomic E-state index is 3.87. The number of hydrogen-bond donors (Lipinski definition) is 0. The number of rotatable bonds is 4. The first-order valence-electron chi connectivity index (χ1n) is 7.28. The smallest absolute Gasteiger partial charge is 0.0649 e. The van der Waals surface area contributed by atoms with Crippen LogP contribution < -0.4 is 0 Å². The average molecular weight is 331 g/mol. The predicted octanol–water partition coefficient (Wildman–Crippen LogP) is 5.99. The zero-order chi connectivity index (χ0) is 14.7. The van der Waals surface area contributed by atoms with Crippen LogP contribution in [-0.2, 0) is 6.42 Å². The van der Waals surface area contributed by atoms with Crippen LogP contribution in [0.25, 0.3) is 0 Å². The summed E-state index contributed by atoms with van der Waals surface area (Å²) in [6.07, 6.45) is 1.15. The molecule has 0 aliphatic carbocycles. The van der Waals surface area contributed by atoms with Gasteiger partial charge in [0.15, 0.2) is 0 Å². The molecular weight excluding hydrogens is 308 g/mol. The Balaban J connectivity index is 2.27. The van der Waals surface area contributed by atoms with Gasteiger partial charge in [0.2, 0.25) is 0 Å². The molecule has 0 saturated carbocycles. The van der Waals surface area contributed by atoms with Crippen LogP contribution in [0.5, 0.6) is 0 Å². The Morgan fingerprint density at radius 3 is 1.95 bits per heavy atom. The molecule has 2 aromatic rings. The largest absolute Gasteiger partial charge is 0.0786 e. The molecule has 0 bridgehead atoms. The fourth-order valence-electron chi connectivity index (χ4n) is 2.69. The Bertz CT molecular complexity index is 547. The van der Waals surface area contributed by atoms with Gasteiger partial charge in [0.05, 0.1) is 4.83 Å². The molecule has 0 nitrogen and oxygen atoms in total. The molecule has 0 aromatic heterocycles. The van der Waals surface area contributed by atoms with Crippen LogP contribution in [0.2, 0.25) is 0 Å². The SMILES string of the molecule is Cc1cccc(C)c1C(Br)c1ccc(CC(C)C)cc1. The summed E-state index contributed by atoms with van der Waals surface area (Å²) in [7, 11) is 0. The van der Waals surface area contributed by atoms with Crippen molar-refractivity contribution in [1.82, 2.24) is 0 Å². The maximum absolute atomic E-state index is 3.87. The number of alkyl halides is 1. The van der Waals surface area contributed by atoms with Gasteiger partial charge in [-0.15, -0.1) is 0 Å². The summed E-state index contributed by atoms with van der Waals surface area (Å²) in [4.78, 5) is 0.275. The lowest BCUT2D eigenvalue weighted by atomic mass is 9.94. The predicted molar refractivity (Wildman–Crippen MR) is 91.7 cm³/mol. The molecule has 0 aliphatic heterocycles. The van der Waals surface area contributed by atoms with E-state index in [1.54, 1.807) is 0 Å². The molecule has 0 aliphatic rings. The standard InChI is InChI=1S/C19H23Br/c1-13(2)12-16-8-10-17(11-9-16)19(20)18-14(3)6-5-7-15(18)4/h5-11,13,19H,12H2,1-4H3. The zero-order valence-electron chi connectivity index (χ0n) is 12.8. The minimum Gasteiger partial charge on any atom is -0.0786 e. The highest BCUT2D eigenvalue weighted by molar-refractivity contribution is 9.09. The van der Waals surface area contributed by atoms with Crippen molar-refractivity contribution >= 4 is 15.9 Å². The fraction of sp³-hybridized carbons (Fsp3) is 0.368. The van der Waals surface area contributed by atoms with Crippen molar-refractivity contribution in [2.75, 3.05) is 0 Å². The Kier molecular flexibility index (Phi) is 5.04. The zero-order valence-corrected chi connectivity index (χ0v) is 14.4. The molecule has 1 unspecified atom stereocenters. The summed E-state index contributed by atoms with van der Waals surface area (Å²) in [5.74, 6) is 0.708. The van der Waals surface area contributed by atoms with E-state index in [-0.39, 0.29) is 4.83 Å². The average Bonchev–Trinajstić information content (AvgIpc) is 2.38. The van der Waals surface area contributed by atoms with Crippen LogP contribution in [0.15, 0.2) is 42.5 Å². The summed E-state index contributed by atoms with van der Waals surface area (Å²) in [6, 6.07) is 15.5. The van der Waals surface area contributed by atoms with Gasteiger partial charge >= 0.3 is 0 Å². The minimum absolute atomic E-state index is 0.275. The van der Waals surface area contributed by atoms with Crippen molar-refractivity contribution < 1.29 is 0 Å². The van der Waals surface area contributed by atoms with Gasteiger partial charge in [-0.2, -0.15) is 0 Å². The Labute approximate surface area is 131 Å². The second-order valence-electron chi connectivity index (χ2n) is 6.01. The molecule has 0 spiro atoms. The maximum Gasteiger partial charge on any atom is 0.0649 e. The molecule has 0 heterocycles. The molecule has 2 aromatic carbocycles. The molecule has 0 radical (unpaired) electrons. The van der Waals surface area contributed by atoms with E-state index in [0.717, 1.165) is 6.42 Å². The van der Waals surface area contributed by atoms with Crippen LogP contribution in [0.1, 0.15) is 46.5 Å². The topological polar surface area (TPSA) is 0 Å². The van der Waals surface area contributed by atoms with Crippen LogP contribution in [0, 0.1) is 19.8 Å². The van der Waals surface area contributed by atoms with E-state index < -0.39 is 0 Å². The fourth-order valence-corrected chi connectivity index (χ4v) is 3.72. The molecule has 0 N–H and O–H groups in total. The summed E-state index contributed by atoms with van der Waals surface area (Å²) < 4.78 is 0. The highest BCUT2D eigenvalue weighted by Gasteiger charge is 2.14. The van der Waals surface area contributed by atoms with E-state index in [0.29, 0.717) is 5.92 Å². The van der Waals surface area contributed by atoms with Crippen molar-refractivity contribution in [3.63, 3.8) is 0 Å². The normalized spacial score (nSPS) is 12.7. The first kappa shape index (κ1) is 15.3.